The molecule has 0 unspecified atom stereocenters. The van der Waals surface area contributed by atoms with Crippen molar-refractivity contribution >= 4 is 12.5 Å². The zero-order valence-electron chi connectivity index (χ0n) is 11.6. The van der Waals surface area contributed by atoms with E-state index < -0.39 is 5.72 Å². The highest BCUT2D eigenvalue weighted by Gasteiger charge is 2.37. The monoisotopic (exact) mass is 269 g/mol. The standard InChI is InChI=1S/C13H23N3O3/c1-15-7-9-16(10-8-15)12(18)14-13(19-11-17)5-3-2-4-6-13/h11H,2-10H2,1H3,(H,14,18). The second-order valence-corrected chi connectivity index (χ2v) is 5.49. The summed E-state index contributed by atoms with van der Waals surface area (Å²) in [5.74, 6) is 0. The van der Waals surface area contributed by atoms with Gasteiger partial charge >= 0.3 is 6.03 Å². The molecule has 1 heterocycles. The van der Waals surface area contributed by atoms with E-state index in [1.807, 2.05) is 7.05 Å². The predicted molar refractivity (Wildman–Crippen MR) is 70.6 cm³/mol. The molecule has 2 amide bonds. The number of likely N-dealkylation sites (N-methyl/N-ethyl adjacent to an activating group) is 1. The predicted octanol–water partition coefficient (Wildman–Crippen LogP) is 0.777. The van der Waals surface area contributed by atoms with Crippen molar-refractivity contribution in [3.8, 4) is 0 Å². The summed E-state index contributed by atoms with van der Waals surface area (Å²) in [6.45, 7) is 3.67. The van der Waals surface area contributed by atoms with Gasteiger partial charge in [0.2, 0.25) is 0 Å². The molecule has 6 heteroatoms. The Morgan fingerprint density at radius 1 is 1.16 bits per heavy atom. The third-order valence-electron chi connectivity index (χ3n) is 4.06. The smallest absolute Gasteiger partial charge is 0.320 e. The lowest BCUT2D eigenvalue weighted by molar-refractivity contribution is -0.150. The van der Waals surface area contributed by atoms with Crippen LogP contribution in [0.3, 0.4) is 0 Å². The highest BCUT2D eigenvalue weighted by atomic mass is 16.6. The molecule has 6 nitrogen and oxygen atoms in total. The Hall–Kier alpha value is -1.30. The van der Waals surface area contributed by atoms with E-state index in [2.05, 4.69) is 10.2 Å². The van der Waals surface area contributed by atoms with Crippen LogP contribution in [0, 0.1) is 0 Å². The van der Waals surface area contributed by atoms with Crippen LogP contribution in [0.15, 0.2) is 0 Å². The van der Waals surface area contributed by atoms with Crippen molar-refractivity contribution in [2.75, 3.05) is 33.2 Å². The maximum atomic E-state index is 12.3. The molecule has 1 aliphatic heterocycles. The number of amides is 2. The molecule has 19 heavy (non-hydrogen) atoms. The van der Waals surface area contributed by atoms with Gasteiger partial charge in [0.25, 0.3) is 6.47 Å². The van der Waals surface area contributed by atoms with E-state index in [4.69, 9.17) is 4.74 Å². The molecule has 2 fully saturated rings. The first-order valence-corrected chi connectivity index (χ1v) is 7.02. The maximum absolute atomic E-state index is 12.3. The molecule has 0 bridgehead atoms. The molecule has 0 atom stereocenters. The molecule has 0 aromatic carbocycles. The van der Waals surface area contributed by atoms with Crippen molar-refractivity contribution in [1.82, 2.24) is 15.1 Å². The van der Waals surface area contributed by atoms with Gasteiger partial charge in [0.05, 0.1) is 0 Å². The molecule has 1 aliphatic carbocycles. The molecule has 0 radical (unpaired) electrons. The largest absolute Gasteiger partial charge is 0.441 e. The van der Waals surface area contributed by atoms with E-state index >= 15 is 0 Å². The first kappa shape index (κ1) is 14.1. The summed E-state index contributed by atoms with van der Waals surface area (Å²) in [5, 5.41) is 2.93. The SMILES string of the molecule is CN1CCN(C(=O)NC2(OC=O)CCCCC2)CC1. The third kappa shape index (κ3) is 3.59. The first-order valence-electron chi connectivity index (χ1n) is 7.02. The maximum Gasteiger partial charge on any atom is 0.320 e. The molecule has 2 aliphatic rings. The number of carbonyl (C=O) groups excluding carboxylic acids is 2. The zero-order chi connectivity index (χ0) is 13.7. The fraction of sp³-hybridized carbons (Fsp3) is 0.846. The van der Waals surface area contributed by atoms with Crippen molar-refractivity contribution in [1.29, 1.82) is 0 Å². The van der Waals surface area contributed by atoms with Crippen LogP contribution in [0.2, 0.25) is 0 Å². The van der Waals surface area contributed by atoms with Crippen LogP contribution in [0.4, 0.5) is 4.79 Å². The number of hydrogen-bond donors (Lipinski definition) is 1. The Kier molecular flexibility index (Phi) is 4.63. The normalized spacial score (nSPS) is 23.7. The minimum Gasteiger partial charge on any atom is -0.441 e. The summed E-state index contributed by atoms with van der Waals surface area (Å²) in [7, 11) is 2.05. The average molecular weight is 269 g/mol. The molecule has 108 valence electrons. The van der Waals surface area contributed by atoms with E-state index in [1.54, 1.807) is 4.90 Å². The minimum atomic E-state index is -0.777. The second-order valence-electron chi connectivity index (χ2n) is 5.49. The Bertz CT molecular complexity index is 321. The number of ether oxygens (including phenoxy) is 1. The second kappa shape index (κ2) is 6.23. The van der Waals surface area contributed by atoms with Gasteiger partial charge in [0.1, 0.15) is 0 Å². The van der Waals surface area contributed by atoms with Gasteiger partial charge in [-0.15, -0.1) is 0 Å². The van der Waals surface area contributed by atoms with Gasteiger partial charge in [-0.25, -0.2) is 4.79 Å². The van der Waals surface area contributed by atoms with E-state index in [-0.39, 0.29) is 6.03 Å². The van der Waals surface area contributed by atoms with Crippen LogP contribution in [0.25, 0.3) is 0 Å². The van der Waals surface area contributed by atoms with Crippen LogP contribution in [0.1, 0.15) is 32.1 Å². The van der Waals surface area contributed by atoms with Crippen LogP contribution in [-0.4, -0.2) is 61.3 Å². The number of carbonyl (C=O) groups is 2. The Morgan fingerprint density at radius 2 is 1.79 bits per heavy atom. The number of rotatable bonds is 3. The third-order valence-corrected chi connectivity index (χ3v) is 4.06. The van der Waals surface area contributed by atoms with Crippen LogP contribution in [-0.2, 0) is 9.53 Å². The summed E-state index contributed by atoms with van der Waals surface area (Å²) in [5.41, 5.74) is -0.777. The summed E-state index contributed by atoms with van der Waals surface area (Å²) < 4.78 is 5.20. The average Bonchev–Trinajstić information content (AvgIpc) is 2.40. The van der Waals surface area contributed by atoms with Gasteiger partial charge in [-0.2, -0.15) is 0 Å². The van der Waals surface area contributed by atoms with Crippen LogP contribution < -0.4 is 5.32 Å². The molecular weight excluding hydrogens is 246 g/mol. The lowest BCUT2D eigenvalue weighted by Gasteiger charge is -2.39. The minimum absolute atomic E-state index is 0.114. The van der Waals surface area contributed by atoms with Gasteiger partial charge < -0.3 is 14.5 Å². The summed E-state index contributed by atoms with van der Waals surface area (Å²) in [6, 6.07) is -0.114. The highest BCUT2D eigenvalue weighted by molar-refractivity contribution is 5.75. The zero-order valence-corrected chi connectivity index (χ0v) is 11.6. The molecule has 0 aromatic heterocycles. The Morgan fingerprint density at radius 3 is 2.37 bits per heavy atom. The van der Waals surface area contributed by atoms with Gasteiger partial charge in [-0.3, -0.25) is 10.1 Å². The number of hydrogen-bond acceptors (Lipinski definition) is 4. The summed E-state index contributed by atoms with van der Waals surface area (Å²) in [6.07, 6.45) is 4.53. The van der Waals surface area contributed by atoms with Gasteiger partial charge in [-0.1, -0.05) is 6.42 Å². The molecule has 1 saturated carbocycles. The summed E-state index contributed by atoms with van der Waals surface area (Å²) in [4.78, 5) is 26.9. The van der Waals surface area contributed by atoms with Gasteiger partial charge in [0, 0.05) is 39.0 Å². The number of piperazine rings is 1. The number of nitrogens with zero attached hydrogens (tertiary/aromatic N) is 2. The molecule has 1 saturated heterocycles. The lowest BCUT2D eigenvalue weighted by atomic mass is 9.91. The van der Waals surface area contributed by atoms with Crippen molar-refractivity contribution in [2.24, 2.45) is 0 Å². The highest BCUT2D eigenvalue weighted by Crippen LogP contribution is 2.29. The van der Waals surface area contributed by atoms with Crippen molar-refractivity contribution in [2.45, 2.75) is 37.8 Å². The van der Waals surface area contributed by atoms with Gasteiger partial charge in [0.15, 0.2) is 5.72 Å². The van der Waals surface area contributed by atoms with Crippen molar-refractivity contribution in [3.05, 3.63) is 0 Å². The fourth-order valence-electron chi connectivity index (χ4n) is 2.77. The molecular formula is C13H23N3O3. The Labute approximate surface area is 114 Å². The number of urea groups is 1. The molecule has 2 rings (SSSR count). The first-order chi connectivity index (χ1) is 9.15. The topological polar surface area (TPSA) is 61.9 Å². The lowest BCUT2D eigenvalue weighted by Crippen LogP contribution is -2.58. The van der Waals surface area contributed by atoms with E-state index in [0.717, 1.165) is 45.4 Å². The quantitative estimate of drug-likeness (QED) is 0.607. The fourth-order valence-corrected chi connectivity index (χ4v) is 2.77. The molecule has 0 aromatic rings. The van der Waals surface area contributed by atoms with E-state index in [9.17, 15) is 9.59 Å². The summed E-state index contributed by atoms with van der Waals surface area (Å²) >= 11 is 0. The van der Waals surface area contributed by atoms with Crippen molar-refractivity contribution in [3.63, 3.8) is 0 Å². The van der Waals surface area contributed by atoms with Gasteiger partial charge in [-0.05, 0) is 19.9 Å². The molecule has 0 spiro atoms. The molecule has 1 N–H and O–H groups in total. The van der Waals surface area contributed by atoms with E-state index in [1.165, 1.54) is 0 Å². The van der Waals surface area contributed by atoms with Crippen LogP contribution >= 0.6 is 0 Å². The van der Waals surface area contributed by atoms with Crippen molar-refractivity contribution < 1.29 is 14.3 Å². The van der Waals surface area contributed by atoms with E-state index in [0.29, 0.717) is 19.3 Å². The number of nitrogens with one attached hydrogen (secondary N) is 1. The Balaban J connectivity index is 1.92. The van der Waals surface area contributed by atoms with Crippen LogP contribution in [0.5, 0.6) is 0 Å².